The fourth-order valence-corrected chi connectivity index (χ4v) is 3.71. The number of anilines is 1. The second-order valence-corrected chi connectivity index (χ2v) is 6.91. The Morgan fingerprint density at radius 1 is 1.08 bits per heavy atom. The Hall–Kier alpha value is -2.47. The van der Waals surface area contributed by atoms with E-state index in [1.165, 1.54) is 0 Å². The average molecular weight is 352 g/mol. The third-order valence-corrected chi connectivity index (χ3v) is 5.12. The van der Waals surface area contributed by atoms with Gasteiger partial charge in [-0.2, -0.15) is 0 Å². The van der Waals surface area contributed by atoms with E-state index in [0.29, 0.717) is 26.3 Å². The monoisotopic (exact) mass is 352 g/mol. The number of morpholine rings is 1. The van der Waals surface area contributed by atoms with Crippen LogP contribution in [0.3, 0.4) is 0 Å². The van der Waals surface area contributed by atoms with Gasteiger partial charge in [0, 0.05) is 37.2 Å². The molecular formula is C20H24N4O2. The maximum Gasteiger partial charge on any atom is 0.254 e. The number of nitrogens with zero attached hydrogens (tertiary/aromatic N) is 4. The molecule has 2 aliphatic heterocycles. The lowest BCUT2D eigenvalue weighted by molar-refractivity contribution is 0.0732. The summed E-state index contributed by atoms with van der Waals surface area (Å²) in [6.07, 6.45) is 0.771. The molecule has 0 atom stereocenters. The number of carbonyl (C=O) groups excluding carboxylic acids is 1. The van der Waals surface area contributed by atoms with Crippen LogP contribution in [0.25, 0.3) is 0 Å². The fraction of sp³-hybridized carbons (Fsp3) is 0.450. The molecular weight excluding hydrogens is 328 g/mol. The highest BCUT2D eigenvalue weighted by Crippen LogP contribution is 2.28. The topological polar surface area (TPSA) is 58.6 Å². The quantitative estimate of drug-likeness (QED) is 0.829. The maximum absolute atomic E-state index is 13.0. The van der Waals surface area contributed by atoms with Crippen molar-refractivity contribution >= 4 is 11.7 Å². The predicted molar refractivity (Wildman–Crippen MR) is 99.4 cm³/mol. The summed E-state index contributed by atoms with van der Waals surface area (Å²) < 4.78 is 5.48. The van der Waals surface area contributed by atoms with Gasteiger partial charge in [-0.05, 0) is 25.5 Å². The summed E-state index contributed by atoms with van der Waals surface area (Å²) in [5.74, 6) is 1.85. The SMILES string of the molecule is Cc1nc2c(c(N3CCOCC3)n1)CN(C(=O)c1ccccc1C)CC2. The van der Waals surface area contributed by atoms with E-state index in [4.69, 9.17) is 9.72 Å². The summed E-state index contributed by atoms with van der Waals surface area (Å²) in [7, 11) is 0. The lowest BCUT2D eigenvalue weighted by Gasteiger charge is -2.34. The standard InChI is InChI=1S/C20H24N4O2/c1-14-5-3-4-6-16(14)20(25)24-8-7-18-17(13-24)19(22-15(2)21-18)23-9-11-26-12-10-23/h3-6H,7-13H2,1-2H3. The van der Waals surface area contributed by atoms with Gasteiger partial charge in [-0.3, -0.25) is 4.79 Å². The van der Waals surface area contributed by atoms with Gasteiger partial charge in [0.2, 0.25) is 0 Å². The van der Waals surface area contributed by atoms with Gasteiger partial charge >= 0.3 is 0 Å². The Kier molecular flexibility index (Phi) is 4.59. The molecule has 6 nitrogen and oxygen atoms in total. The maximum atomic E-state index is 13.0. The van der Waals surface area contributed by atoms with Crippen LogP contribution in [0.2, 0.25) is 0 Å². The molecule has 4 rings (SSSR count). The van der Waals surface area contributed by atoms with Crippen molar-refractivity contribution in [2.75, 3.05) is 37.7 Å². The molecule has 136 valence electrons. The molecule has 6 heteroatoms. The van der Waals surface area contributed by atoms with E-state index in [1.807, 2.05) is 43.0 Å². The molecule has 0 bridgehead atoms. The number of hydrogen-bond acceptors (Lipinski definition) is 5. The lowest BCUT2D eigenvalue weighted by Crippen LogP contribution is -2.41. The Morgan fingerprint density at radius 2 is 1.85 bits per heavy atom. The summed E-state index contributed by atoms with van der Waals surface area (Å²) >= 11 is 0. The molecule has 0 spiro atoms. The zero-order valence-corrected chi connectivity index (χ0v) is 15.4. The number of carbonyl (C=O) groups is 1. The minimum absolute atomic E-state index is 0.0854. The van der Waals surface area contributed by atoms with Crippen LogP contribution in [0.1, 0.15) is 33.0 Å². The second-order valence-electron chi connectivity index (χ2n) is 6.91. The molecule has 2 aliphatic rings. The molecule has 1 aromatic heterocycles. The molecule has 1 saturated heterocycles. The Balaban J connectivity index is 1.65. The molecule has 1 fully saturated rings. The zero-order chi connectivity index (χ0) is 18.1. The van der Waals surface area contributed by atoms with Crippen LogP contribution in [0, 0.1) is 13.8 Å². The van der Waals surface area contributed by atoms with Gasteiger partial charge in [0.05, 0.1) is 25.5 Å². The number of fused-ring (bicyclic) bond motifs is 1. The Morgan fingerprint density at radius 3 is 2.62 bits per heavy atom. The van der Waals surface area contributed by atoms with Gasteiger partial charge < -0.3 is 14.5 Å². The predicted octanol–water partition coefficient (Wildman–Crippen LogP) is 2.13. The smallest absolute Gasteiger partial charge is 0.254 e. The summed E-state index contributed by atoms with van der Waals surface area (Å²) in [4.78, 5) is 26.6. The molecule has 0 saturated carbocycles. The van der Waals surface area contributed by atoms with Gasteiger partial charge in [-0.15, -0.1) is 0 Å². The molecule has 0 aliphatic carbocycles. The van der Waals surface area contributed by atoms with Crippen molar-refractivity contribution in [3.05, 3.63) is 52.5 Å². The third kappa shape index (κ3) is 3.17. The zero-order valence-electron chi connectivity index (χ0n) is 15.4. The minimum atomic E-state index is 0.0854. The number of aromatic nitrogens is 2. The highest BCUT2D eigenvalue weighted by Gasteiger charge is 2.28. The lowest BCUT2D eigenvalue weighted by atomic mass is 10.0. The van der Waals surface area contributed by atoms with Gasteiger partial charge in [0.15, 0.2) is 0 Å². The largest absolute Gasteiger partial charge is 0.378 e. The number of rotatable bonds is 2. The molecule has 1 amide bonds. The van der Waals surface area contributed by atoms with Crippen LogP contribution in [0.4, 0.5) is 5.82 Å². The fourth-order valence-electron chi connectivity index (χ4n) is 3.71. The van der Waals surface area contributed by atoms with Gasteiger partial charge in [-0.1, -0.05) is 18.2 Å². The first-order valence-corrected chi connectivity index (χ1v) is 9.17. The van der Waals surface area contributed by atoms with Crippen molar-refractivity contribution in [2.45, 2.75) is 26.8 Å². The molecule has 26 heavy (non-hydrogen) atoms. The van der Waals surface area contributed by atoms with Gasteiger partial charge in [0.1, 0.15) is 11.6 Å². The van der Waals surface area contributed by atoms with Crippen molar-refractivity contribution in [1.29, 1.82) is 0 Å². The van der Waals surface area contributed by atoms with Crippen LogP contribution in [0.5, 0.6) is 0 Å². The van der Waals surface area contributed by atoms with E-state index in [9.17, 15) is 4.79 Å². The first-order valence-electron chi connectivity index (χ1n) is 9.17. The summed E-state index contributed by atoms with van der Waals surface area (Å²) in [6, 6.07) is 7.77. The van der Waals surface area contributed by atoms with Gasteiger partial charge in [0.25, 0.3) is 5.91 Å². The molecule has 2 aromatic rings. The molecule has 0 unspecified atom stereocenters. The summed E-state index contributed by atoms with van der Waals surface area (Å²) in [6.45, 7) is 8.26. The highest BCUT2D eigenvalue weighted by molar-refractivity contribution is 5.95. The number of ether oxygens (including phenoxy) is 1. The van der Waals surface area contributed by atoms with E-state index < -0.39 is 0 Å². The van der Waals surface area contributed by atoms with Crippen molar-refractivity contribution in [3.8, 4) is 0 Å². The molecule has 1 aromatic carbocycles. The highest BCUT2D eigenvalue weighted by atomic mass is 16.5. The van der Waals surface area contributed by atoms with E-state index in [-0.39, 0.29) is 5.91 Å². The Labute approximate surface area is 153 Å². The van der Waals surface area contributed by atoms with E-state index in [2.05, 4.69) is 9.88 Å². The molecule has 0 radical (unpaired) electrons. The summed E-state index contributed by atoms with van der Waals surface area (Å²) in [5, 5.41) is 0. The van der Waals surface area contributed by atoms with E-state index in [0.717, 1.165) is 53.5 Å². The minimum Gasteiger partial charge on any atom is -0.378 e. The van der Waals surface area contributed by atoms with Crippen LogP contribution in [-0.4, -0.2) is 53.6 Å². The van der Waals surface area contributed by atoms with Crippen LogP contribution < -0.4 is 4.90 Å². The first-order chi connectivity index (χ1) is 12.6. The number of aryl methyl sites for hydroxylation is 2. The van der Waals surface area contributed by atoms with E-state index >= 15 is 0 Å². The number of benzene rings is 1. The molecule has 3 heterocycles. The van der Waals surface area contributed by atoms with Gasteiger partial charge in [-0.25, -0.2) is 9.97 Å². The Bertz CT molecular complexity index is 831. The summed E-state index contributed by atoms with van der Waals surface area (Å²) in [5.41, 5.74) is 3.95. The van der Waals surface area contributed by atoms with Crippen LogP contribution in [-0.2, 0) is 17.7 Å². The van der Waals surface area contributed by atoms with Crippen molar-refractivity contribution in [1.82, 2.24) is 14.9 Å². The number of amides is 1. The van der Waals surface area contributed by atoms with Crippen molar-refractivity contribution in [3.63, 3.8) is 0 Å². The van der Waals surface area contributed by atoms with Crippen LogP contribution >= 0.6 is 0 Å². The average Bonchev–Trinajstić information content (AvgIpc) is 2.67. The first kappa shape index (κ1) is 17.0. The van der Waals surface area contributed by atoms with Crippen molar-refractivity contribution in [2.24, 2.45) is 0 Å². The normalized spacial score (nSPS) is 17.2. The van der Waals surface area contributed by atoms with Crippen molar-refractivity contribution < 1.29 is 9.53 Å². The van der Waals surface area contributed by atoms with Crippen LogP contribution in [0.15, 0.2) is 24.3 Å². The second kappa shape index (κ2) is 7.03. The molecule has 0 N–H and O–H groups in total. The van der Waals surface area contributed by atoms with E-state index in [1.54, 1.807) is 0 Å². The number of hydrogen-bond donors (Lipinski definition) is 0. The third-order valence-electron chi connectivity index (χ3n) is 5.12.